The van der Waals surface area contributed by atoms with Gasteiger partial charge in [0.1, 0.15) is 17.3 Å². The molecule has 7 heteroatoms. The zero-order valence-corrected chi connectivity index (χ0v) is 18.0. The molecule has 0 aliphatic carbocycles. The first kappa shape index (κ1) is 21.0. The first-order valence-corrected chi connectivity index (χ1v) is 11.0. The van der Waals surface area contributed by atoms with Crippen LogP contribution in [0.3, 0.4) is 0 Å². The molecule has 1 aliphatic heterocycles. The summed E-state index contributed by atoms with van der Waals surface area (Å²) in [6.07, 6.45) is 1.44. The molecular weight excluding hydrogens is 421 g/mol. The lowest BCUT2D eigenvalue weighted by atomic mass is 9.97. The molecular formula is C26H24FN3O3. The second-order valence-corrected chi connectivity index (χ2v) is 8.46. The Bertz CT molecular complexity index is 1310. The number of piperidine rings is 1. The number of likely N-dealkylation sites (tertiary alicyclic amines) is 1. The molecule has 1 saturated heterocycles. The van der Waals surface area contributed by atoms with Crippen LogP contribution in [0.15, 0.2) is 71.1 Å². The second-order valence-electron chi connectivity index (χ2n) is 8.46. The van der Waals surface area contributed by atoms with Gasteiger partial charge in [-0.05, 0) is 42.7 Å². The molecule has 4 aromatic rings. The Hall–Kier alpha value is -3.87. The summed E-state index contributed by atoms with van der Waals surface area (Å²) < 4.78 is 21.3. The first-order valence-electron chi connectivity index (χ1n) is 11.0. The van der Waals surface area contributed by atoms with Crippen LogP contribution in [0.4, 0.5) is 4.39 Å². The van der Waals surface area contributed by atoms with Crippen LogP contribution in [-0.4, -0.2) is 34.4 Å². The van der Waals surface area contributed by atoms with Crippen LogP contribution in [0.25, 0.3) is 22.4 Å². The lowest BCUT2D eigenvalue weighted by Crippen LogP contribution is -2.44. The Morgan fingerprint density at radius 2 is 1.82 bits per heavy atom. The van der Waals surface area contributed by atoms with E-state index in [4.69, 9.17) is 10.2 Å². The zero-order chi connectivity index (χ0) is 22.9. The van der Waals surface area contributed by atoms with E-state index in [1.165, 1.54) is 12.1 Å². The SMILES string of the molecule is NC(=O)C1CCCN(C(=O)c2cc3oc(-c4ccc(F)cc4)cc3n2Cc2ccccc2)C1. The van der Waals surface area contributed by atoms with Crippen LogP contribution >= 0.6 is 0 Å². The number of furan rings is 1. The molecule has 1 unspecified atom stereocenters. The molecule has 5 rings (SSSR count). The number of primary amides is 1. The van der Waals surface area contributed by atoms with Crippen molar-refractivity contribution in [3.8, 4) is 11.3 Å². The summed E-state index contributed by atoms with van der Waals surface area (Å²) >= 11 is 0. The number of nitrogens with two attached hydrogens (primary N) is 1. The van der Waals surface area contributed by atoms with Crippen LogP contribution < -0.4 is 5.73 Å². The van der Waals surface area contributed by atoms with Crippen LogP contribution in [0.5, 0.6) is 0 Å². The lowest BCUT2D eigenvalue weighted by Gasteiger charge is -2.31. The topological polar surface area (TPSA) is 81.5 Å². The van der Waals surface area contributed by atoms with Gasteiger partial charge in [0, 0.05) is 37.3 Å². The quantitative estimate of drug-likeness (QED) is 0.494. The average Bonchev–Trinajstić information content (AvgIpc) is 3.39. The number of carbonyl (C=O) groups is 2. The van der Waals surface area contributed by atoms with Gasteiger partial charge in [0.05, 0.1) is 11.4 Å². The summed E-state index contributed by atoms with van der Waals surface area (Å²) in [4.78, 5) is 26.9. The summed E-state index contributed by atoms with van der Waals surface area (Å²) in [7, 11) is 0. The number of aromatic nitrogens is 1. The molecule has 1 atom stereocenters. The lowest BCUT2D eigenvalue weighted by molar-refractivity contribution is -0.123. The van der Waals surface area contributed by atoms with Crippen molar-refractivity contribution in [1.29, 1.82) is 0 Å². The average molecular weight is 445 g/mol. The fourth-order valence-corrected chi connectivity index (χ4v) is 4.47. The number of nitrogens with zero attached hydrogens (tertiary/aromatic N) is 2. The van der Waals surface area contributed by atoms with Crippen molar-refractivity contribution in [3.63, 3.8) is 0 Å². The summed E-state index contributed by atoms with van der Waals surface area (Å²) in [5, 5.41) is 0. The number of benzene rings is 2. The minimum atomic E-state index is -0.370. The summed E-state index contributed by atoms with van der Waals surface area (Å²) in [6, 6.07) is 19.6. The molecule has 33 heavy (non-hydrogen) atoms. The molecule has 2 N–H and O–H groups in total. The Kier molecular flexibility index (Phi) is 5.46. The second kappa shape index (κ2) is 8.58. The van der Waals surface area contributed by atoms with Crippen molar-refractivity contribution >= 4 is 22.9 Å². The molecule has 2 aromatic carbocycles. The Morgan fingerprint density at radius 3 is 2.55 bits per heavy atom. The van der Waals surface area contributed by atoms with Crippen LogP contribution in [0, 0.1) is 11.7 Å². The summed E-state index contributed by atoms with van der Waals surface area (Å²) in [5.41, 5.74) is 9.17. The molecule has 0 spiro atoms. The third-order valence-electron chi connectivity index (χ3n) is 6.23. The number of hydrogen-bond acceptors (Lipinski definition) is 3. The minimum Gasteiger partial charge on any atom is -0.454 e. The molecule has 1 aliphatic rings. The number of hydrogen-bond donors (Lipinski definition) is 1. The van der Waals surface area contributed by atoms with E-state index in [1.54, 1.807) is 23.1 Å². The fraction of sp³-hybridized carbons (Fsp3) is 0.231. The van der Waals surface area contributed by atoms with Gasteiger partial charge in [-0.25, -0.2) is 4.39 Å². The highest BCUT2D eigenvalue weighted by molar-refractivity contribution is 5.98. The van der Waals surface area contributed by atoms with Gasteiger partial charge in [-0.3, -0.25) is 9.59 Å². The Morgan fingerprint density at radius 1 is 1.06 bits per heavy atom. The summed E-state index contributed by atoms with van der Waals surface area (Å²) in [5.74, 6) is -0.551. The van der Waals surface area contributed by atoms with Gasteiger partial charge in [-0.1, -0.05) is 30.3 Å². The first-order chi connectivity index (χ1) is 16.0. The van der Waals surface area contributed by atoms with E-state index in [0.717, 1.165) is 23.1 Å². The molecule has 2 aromatic heterocycles. The van der Waals surface area contributed by atoms with Gasteiger partial charge in [0.2, 0.25) is 5.91 Å². The predicted molar refractivity (Wildman–Crippen MR) is 123 cm³/mol. The number of amides is 2. The van der Waals surface area contributed by atoms with Crippen LogP contribution in [0.2, 0.25) is 0 Å². The van der Waals surface area contributed by atoms with Gasteiger partial charge in [0.25, 0.3) is 5.91 Å². The third-order valence-corrected chi connectivity index (χ3v) is 6.23. The maximum atomic E-state index is 13.5. The third kappa shape index (κ3) is 4.14. The molecule has 0 radical (unpaired) electrons. The van der Waals surface area contributed by atoms with Gasteiger partial charge >= 0.3 is 0 Å². The van der Waals surface area contributed by atoms with Gasteiger partial charge in [-0.2, -0.15) is 0 Å². The van der Waals surface area contributed by atoms with E-state index in [-0.39, 0.29) is 23.5 Å². The molecule has 0 saturated carbocycles. The highest BCUT2D eigenvalue weighted by Gasteiger charge is 2.30. The highest BCUT2D eigenvalue weighted by Crippen LogP contribution is 2.32. The number of rotatable bonds is 5. The van der Waals surface area contributed by atoms with Crippen molar-refractivity contribution in [2.75, 3.05) is 13.1 Å². The Labute approximate surface area is 190 Å². The van der Waals surface area contributed by atoms with E-state index < -0.39 is 0 Å². The smallest absolute Gasteiger partial charge is 0.270 e. The molecule has 2 amide bonds. The van der Waals surface area contributed by atoms with E-state index >= 15 is 0 Å². The maximum absolute atomic E-state index is 13.5. The number of carbonyl (C=O) groups excluding carboxylic acids is 2. The van der Waals surface area contributed by atoms with Crippen molar-refractivity contribution in [1.82, 2.24) is 9.47 Å². The predicted octanol–water partition coefficient (Wildman–Crippen LogP) is 4.43. The molecule has 6 nitrogen and oxygen atoms in total. The molecule has 1 fully saturated rings. The van der Waals surface area contributed by atoms with Crippen molar-refractivity contribution in [2.45, 2.75) is 19.4 Å². The number of fused-ring (bicyclic) bond motifs is 1. The standard InChI is InChI=1S/C26H24FN3O3/c27-20-10-8-18(9-11-20)23-13-21-24(33-23)14-22(30(21)15-17-5-2-1-3-6-17)26(32)29-12-4-7-19(16-29)25(28)31/h1-3,5-6,8-11,13-14,19H,4,7,12,15-16H2,(H2,28,31). The van der Waals surface area contributed by atoms with E-state index in [9.17, 15) is 14.0 Å². The number of halogens is 1. The van der Waals surface area contributed by atoms with Gasteiger partial charge < -0.3 is 19.6 Å². The monoisotopic (exact) mass is 445 g/mol. The van der Waals surface area contributed by atoms with Crippen LogP contribution in [0.1, 0.15) is 28.9 Å². The maximum Gasteiger partial charge on any atom is 0.270 e. The molecule has 0 bridgehead atoms. The fourth-order valence-electron chi connectivity index (χ4n) is 4.47. The normalized spacial score (nSPS) is 16.3. The van der Waals surface area contributed by atoms with Crippen molar-refractivity contribution in [2.24, 2.45) is 11.7 Å². The Balaban J connectivity index is 1.55. The van der Waals surface area contributed by atoms with Gasteiger partial charge in [-0.15, -0.1) is 0 Å². The minimum absolute atomic E-state index is 0.147. The molecule has 168 valence electrons. The van der Waals surface area contributed by atoms with E-state index in [0.29, 0.717) is 43.1 Å². The van der Waals surface area contributed by atoms with Crippen LogP contribution in [-0.2, 0) is 11.3 Å². The zero-order valence-electron chi connectivity index (χ0n) is 18.0. The van der Waals surface area contributed by atoms with Crippen molar-refractivity contribution < 1.29 is 18.4 Å². The largest absolute Gasteiger partial charge is 0.454 e. The van der Waals surface area contributed by atoms with E-state index in [1.807, 2.05) is 41.0 Å². The van der Waals surface area contributed by atoms with Gasteiger partial charge in [0.15, 0.2) is 5.58 Å². The summed E-state index contributed by atoms with van der Waals surface area (Å²) in [6.45, 7) is 1.40. The molecule has 3 heterocycles. The van der Waals surface area contributed by atoms with E-state index in [2.05, 4.69) is 0 Å². The van der Waals surface area contributed by atoms with Crippen molar-refractivity contribution in [3.05, 3.63) is 83.8 Å². The highest BCUT2D eigenvalue weighted by atomic mass is 19.1.